The Labute approximate surface area is 115 Å². The van der Waals surface area contributed by atoms with E-state index >= 15 is 0 Å². The van der Waals surface area contributed by atoms with Crippen LogP contribution in [0.1, 0.15) is 21.5 Å². The van der Waals surface area contributed by atoms with Gasteiger partial charge in [-0.1, -0.05) is 0 Å². The predicted octanol–water partition coefficient (Wildman–Crippen LogP) is 3.46. The molecule has 0 aliphatic heterocycles. The second kappa shape index (κ2) is 6.24. The van der Waals surface area contributed by atoms with Crippen molar-refractivity contribution < 1.29 is 14.6 Å². The summed E-state index contributed by atoms with van der Waals surface area (Å²) in [5.41, 5.74) is 0.980. The average Bonchev–Trinajstić information content (AvgIpc) is 2.87. The number of nitrogens with one attached hydrogen (secondary N) is 1. The highest BCUT2D eigenvalue weighted by atomic mass is 32.1. The molecule has 0 saturated carbocycles. The summed E-state index contributed by atoms with van der Waals surface area (Å²) in [6.07, 6.45) is 0. The lowest BCUT2D eigenvalue weighted by Gasteiger charge is -2.06. The lowest BCUT2D eigenvalue weighted by Crippen LogP contribution is -1.97. The van der Waals surface area contributed by atoms with Crippen molar-refractivity contribution in [3.8, 4) is 5.75 Å². The molecule has 19 heavy (non-hydrogen) atoms. The van der Waals surface area contributed by atoms with Gasteiger partial charge in [-0.15, -0.1) is 11.3 Å². The van der Waals surface area contributed by atoms with E-state index in [-0.39, 0.29) is 0 Å². The molecule has 1 heterocycles. The summed E-state index contributed by atoms with van der Waals surface area (Å²) < 4.78 is 5.36. The van der Waals surface area contributed by atoms with Gasteiger partial charge in [-0.05, 0) is 43.3 Å². The molecule has 0 amide bonds. The van der Waals surface area contributed by atoms with E-state index in [2.05, 4.69) is 5.32 Å². The highest BCUT2D eigenvalue weighted by molar-refractivity contribution is 7.13. The van der Waals surface area contributed by atoms with E-state index in [4.69, 9.17) is 9.84 Å². The zero-order valence-electron chi connectivity index (χ0n) is 10.6. The number of anilines is 1. The fraction of sp³-hybridized carbons (Fsp3) is 0.214. The number of carboxylic acid groups (broad SMARTS) is 1. The molecule has 0 aliphatic carbocycles. The third kappa shape index (κ3) is 3.72. The Balaban J connectivity index is 1.92. The molecule has 100 valence electrons. The molecular weight excluding hydrogens is 262 g/mol. The Morgan fingerprint density at radius 1 is 1.26 bits per heavy atom. The van der Waals surface area contributed by atoms with Crippen LogP contribution in [0, 0.1) is 0 Å². The molecule has 1 aromatic heterocycles. The van der Waals surface area contributed by atoms with Crippen LogP contribution in [-0.2, 0) is 6.54 Å². The predicted molar refractivity (Wildman–Crippen MR) is 76.2 cm³/mol. The van der Waals surface area contributed by atoms with Crippen molar-refractivity contribution in [2.24, 2.45) is 0 Å². The number of rotatable bonds is 6. The molecule has 0 aliphatic rings. The molecule has 2 aromatic rings. The molecule has 0 bridgehead atoms. The van der Waals surface area contributed by atoms with Crippen molar-refractivity contribution in [2.75, 3.05) is 11.9 Å². The SMILES string of the molecule is CCOc1ccc(NCc2ccc(C(=O)O)s2)cc1. The summed E-state index contributed by atoms with van der Waals surface area (Å²) >= 11 is 1.28. The summed E-state index contributed by atoms with van der Waals surface area (Å²) in [6, 6.07) is 11.1. The standard InChI is InChI=1S/C14H15NO3S/c1-2-18-11-5-3-10(4-6-11)15-9-12-7-8-13(19-12)14(16)17/h3-8,15H,2,9H2,1H3,(H,16,17). The molecule has 2 rings (SSSR count). The van der Waals surface area contributed by atoms with Gasteiger partial charge in [-0.3, -0.25) is 0 Å². The maximum Gasteiger partial charge on any atom is 0.345 e. The molecule has 0 spiro atoms. The van der Waals surface area contributed by atoms with Gasteiger partial charge < -0.3 is 15.2 Å². The van der Waals surface area contributed by atoms with Crippen LogP contribution in [0.5, 0.6) is 5.75 Å². The van der Waals surface area contributed by atoms with Gasteiger partial charge in [-0.25, -0.2) is 4.79 Å². The molecular formula is C14H15NO3S. The van der Waals surface area contributed by atoms with Crippen LogP contribution in [0.25, 0.3) is 0 Å². The number of benzene rings is 1. The normalized spacial score (nSPS) is 10.2. The second-order valence-corrected chi connectivity index (χ2v) is 5.05. The van der Waals surface area contributed by atoms with Crippen LogP contribution in [0.4, 0.5) is 5.69 Å². The van der Waals surface area contributed by atoms with Crippen molar-refractivity contribution in [3.63, 3.8) is 0 Å². The number of ether oxygens (including phenoxy) is 1. The zero-order valence-corrected chi connectivity index (χ0v) is 11.4. The Bertz CT molecular complexity index is 548. The van der Waals surface area contributed by atoms with Crippen molar-refractivity contribution in [3.05, 3.63) is 46.2 Å². The summed E-state index contributed by atoms with van der Waals surface area (Å²) in [4.78, 5) is 12.1. The molecule has 0 fully saturated rings. The molecule has 0 unspecified atom stereocenters. The number of aromatic carboxylic acids is 1. The molecule has 5 heteroatoms. The highest BCUT2D eigenvalue weighted by Crippen LogP contribution is 2.20. The lowest BCUT2D eigenvalue weighted by molar-refractivity contribution is 0.0702. The first-order chi connectivity index (χ1) is 9.19. The third-order valence-corrected chi connectivity index (χ3v) is 3.58. The van der Waals surface area contributed by atoms with Gasteiger partial charge in [0, 0.05) is 17.1 Å². The third-order valence-electron chi connectivity index (χ3n) is 2.50. The molecule has 0 atom stereocenters. The minimum Gasteiger partial charge on any atom is -0.494 e. The minimum absolute atomic E-state index is 0.364. The van der Waals surface area contributed by atoms with E-state index in [1.54, 1.807) is 6.07 Å². The van der Waals surface area contributed by atoms with Crippen molar-refractivity contribution in [1.29, 1.82) is 0 Å². The quantitative estimate of drug-likeness (QED) is 0.849. The van der Waals surface area contributed by atoms with Crippen LogP contribution in [-0.4, -0.2) is 17.7 Å². The molecule has 2 N–H and O–H groups in total. The number of carbonyl (C=O) groups is 1. The number of hydrogen-bond acceptors (Lipinski definition) is 4. The molecule has 0 saturated heterocycles. The van der Waals surface area contributed by atoms with Gasteiger partial charge in [0.25, 0.3) is 0 Å². The maximum absolute atomic E-state index is 10.8. The Morgan fingerprint density at radius 3 is 2.58 bits per heavy atom. The average molecular weight is 277 g/mol. The summed E-state index contributed by atoms with van der Waals surface area (Å²) in [5, 5.41) is 12.1. The van der Waals surface area contributed by atoms with Crippen molar-refractivity contribution in [1.82, 2.24) is 0 Å². The monoisotopic (exact) mass is 277 g/mol. The first kappa shape index (κ1) is 13.4. The second-order valence-electron chi connectivity index (χ2n) is 3.88. The lowest BCUT2D eigenvalue weighted by atomic mass is 10.3. The fourth-order valence-corrected chi connectivity index (χ4v) is 2.40. The molecule has 1 aromatic carbocycles. The van der Waals surface area contributed by atoms with E-state index < -0.39 is 5.97 Å². The van der Waals surface area contributed by atoms with Crippen LogP contribution in [0.3, 0.4) is 0 Å². The first-order valence-electron chi connectivity index (χ1n) is 5.98. The number of hydrogen-bond donors (Lipinski definition) is 2. The van der Waals surface area contributed by atoms with Crippen LogP contribution < -0.4 is 10.1 Å². The molecule has 4 nitrogen and oxygen atoms in total. The summed E-state index contributed by atoms with van der Waals surface area (Å²) in [7, 11) is 0. The maximum atomic E-state index is 10.8. The largest absolute Gasteiger partial charge is 0.494 e. The van der Waals surface area contributed by atoms with Gasteiger partial charge in [0.15, 0.2) is 0 Å². The van der Waals surface area contributed by atoms with Crippen molar-refractivity contribution in [2.45, 2.75) is 13.5 Å². The van der Waals surface area contributed by atoms with Gasteiger partial charge in [0.2, 0.25) is 0 Å². The van der Waals surface area contributed by atoms with Crippen LogP contribution in [0.15, 0.2) is 36.4 Å². The first-order valence-corrected chi connectivity index (χ1v) is 6.79. The van der Waals surface area contributed by atoms with E-state index in [0.717, 1.165) is 16.3 Å². The molecule has 0 radical (unpaired) electrons. The Hall–Kier alpha value is -2.01. The van der Waals surface area contributed by atoms with Gasteiger partial charge in [-0.2, -0.15) is 0 Å². The Kier molecular flexibility index (Phi) is 4.41. The number of thiophene rings is 1. The van der Waals surface area contributed by atoms with Gasteiger partial charge >= 0.3 is 5.97 Å². The van der Waals surface area contributed by atoms with Crippen LogP contribution in [0.2, 0.25) is 0 Å². The summed E-state index contributed by atoms with van der Waals surface area (Å²) in [5.74, 6) is -0.0327. The smallest absolute Gasteiger partial charge is 0.345 e. The Morgan fingerprint density at radius 2 is 2.00 bits per heavy atom. The number of carboxylic acids is 1. The van der Waals surface area contributed by atoms with E-state index in [1.807, 2.05) is 37.3 Å². The van der Waals surface area contributed by atoms with Crippen molar-refractivity contribution >= 4 is 23.0 Å². The highest BCUT2D eigenvalue weighted by Gasteiger charge is 2.06. The zero-order chi connectivity index (χ0) is 13.7. The van der Waals surface area contributed by atoms with E-state index in [1.165, 1.54) is 11.3 Å². The van der Waals surface area contributed by atoms with Gasteiger partial charge in [0.05, 0.1) is 6.61 Å². The van der Waals surface area contributed by atoms with Crippen LogP contribution >= 0.6 is 11.3 Å². The topological polar surface area (TPSA) is 58.6 Å². The minimum atomic E-state index is -0.877. The van der Waals surface area contributed by atoms with E-state index in [9.17, 15) is 4.79 Å². The fourth-order valence-electron chi connectivity index (χ4n) is 1.61. The summed E-state index contributed by atoms with van der Waals surface area (Å²) in [6.45, 7) is 3.22. The van der Waals surface area contributed by atoms with Gasteiger partial charge in [0.1, 0.15) is 10.6 Å². The van der Waals surface area contributed by atoms with E-state index in [0.29, 0.717) is 18.0 Å².